The van der Waals surface area contributed by atoms with Crippen molar-refractivity contribution in [1.29, 1.82) is 0 Å². The van der Waals surface area contributed by atoms with E-state index in [-0.39, 0.29) is 0 Å². The summed E-state index contributed by atoms with van der Waals surface area (Å²) in [6.07, 6.45) is 0. The summed E-state index contributed by atoms with van der Waals surface area (Å²) in [5, 5.41) is 0. The van der Waals surface area contributed by atoms with Gasteiger partial charge in [0.1, 0.15) is 5.75 Å². The fourth-order valence-corrected chi connectivity index (χ4v) is 3.00. The summed E-state index contributed by atoms with van der Waals surface area (Å²) in [4.78, 5) is 4.67. The Morgan fingerprint density at radius 1 is 1.14 bits per heavy atom. The first kappa shape index (κ1) is 15.6. The fourth-order valence-electron chi connectivity index (χ4n) is 2.03. The summed E-state index contributed by atoms with van der Waals surface area (Å²) in [7, 11) is 3.80. The highest BCUT2D eigenvalue weighted by Gasteiger charge is 2.04. The van der Waals surface area contributed by atoms with E-state index in [1.54, 1.807) is 18.4 Å². The average molecular weight is 300 g/mol. The molecule has 0 saturated heterocycles. The highest BCUT2D eigenvalue weighted by Crippen LogP contribution is 2.18. The van der Waals surface area contributed by atoms with E-state index in [1.807, 2.05) is 12.1 Å². The van der Waals surface area contributed by atoms with E-state index < -0.39 is 0 Å². The lowest BCUT2D eigenvalue weighted by atomic mass is 10.2. The third kappa shape index (κ3) is 4.91. The molecule has 1 aromatic carbocycles. The van der Waals surface area contributed by atoms with Gasteiger partial charge in [-0.1, -0.05) is 24.0 Å². The highest BCUT2D eigenvalue weighted by atomic mass is 32.1. The predicted octanol–water partition coefficient (Wildman–Crippen LogP) is 2.70. The lowest BCUT2D eigenvalue weighted by Gasteiger charge is -2.15. The van der Waals surface area contributed by atoms with Crippen molar-refractivity contribution in [2.45, 2.75) is 13.1 Å². The smallest absolute Gasteiger partial charge is 0.118 e. The van der Waals surface area contributed by atoms with Crippen LogP contribution < -0.4 is 10.5 Å². The molecule has 0 aliphatic carbocycles. The van der Waals surface area contributed by atoms with E-state index >= 15 is 0 Å². The van der Waals surface area contributed by atoms with Gasteiger partial charge in [0.2, 0.25) is 0 Å². The number of thiophene rings is 1. The second kappa shape index (κ2) is 7.84. The Kier molecular flexibility index (Phi) is 5.82. The van der Waals surface area contributed by atoms with Crippen LogP contribution >= 0.6 is 11.3 Å². The predicted molar refractivity (Wildman–Crippen MR) is 88.4 cm³/mol. The number of methoxy groups -OCH3 is 1. The fraction of sp³-hybridized carbons (Fsp3) is 0.294. The number of rotatable bonds is 5. The molecular formula is C17H20N2OS. The summed E-state index contributed by atoms with van der Waals surface area (Å²) < 4.78 is 5.17. The van der Waals surface area contributed by atoms with Crippen LogP contribution in [0.4, 0.5) is 0 Å². The first-order valence-electron chi connectivity index (χ1n) is 6.80. The minimum Gasteiger partial charge on any atom is -0.497 e. The van der Waals surface area contributed by atoms with Crippen molar-refractivity contribution in [3.8, 4) is 17.6 Å². The van der Waals surface area contributed by atoms with Gasteiger partial charge in [-0.2, -0.15) is 0 Å². The van der Waals surface area contributed by atoms with Gasteiger partial charge in [-0.3, -0.25) is 4.90 Å². The molecule has 0 atom stereocenters. The molecule has 1 aromatic heterocycles. The van der Waals surface area contributed by atoms with Gasteiger partial charge in [0, 0.05) is 18.0 Å². The van der Waals surface area contributed by atoms with Crippen molar-refractivity contribution < 1.29 is 4.74 Å². The number of nitrogens with zero attached hydrogens (tertiary/aromatic N) is 1. The molecule has 0 aliphatic rings. The van der Waals surface area contributed by atoms with E-state index in [4.69, 9.17) is 10.5 Å². The molecule has 2 rings (SSSR count). The van der Waals surface area contributed by atoms with Crippen molar-refractivity contribution in [3.05, 3.63) is 51.7 Å². The molecule has 0 fully saturated rings. The summed E-state index contributed by atoms with van der Waals surface area (Å²) in [6.45, 7) is 2.23. The monoisotopic (exact) mass is 300 g/mol. The van der Waals surface area contributed by atoms with Gasteiger partial charge < -0.3 is 10.5 Å². The van der Waals surface area contributed by atoms with Gasteiger partial charge in [0.15, 0.2) is 0 Å². The molecule has 2 aromatic rings. The molecule has 0 saturated carbocycles. The maximum atomic E-state index is 5.38. The Bertz CT molecular complexity index is 622. The first-order valence-corrected chi connectivity index (χ1v) is 7.62. The Labute approximate surface area is 130 Å². The maximum Gasteiger partial charge on any atom is 0.118 e. The molecule has 0 bridgehead atoms. The molecule has 0 unspecified atom stereocenters. The van der Waals surface area contributed by atoms with Gasteiger partial charge in [-0.25, -0.2) is 0 Å². The molecule has 4 heteroatoms. The second-order valence-electron chi connectivity index (χ2n) is 4.79. The van der Waals surface area contributed by atoms with Gasteiger partial charge >= 0.3 is 0 Å². The largest absolute Gasteiger partial charge is 0.497 e. The topological polar surface area (TPSA) is 38.5 Å². The van der Waals surface area contributed by atoms with Crippen LogP contribution in [0.15, 0.2) is 36.4 Å². The van der Waals surface area contributed by atoms with Crippen LogP contribution in [0.2, 0.25) is 0 Å². The molecule has 0 aliphatic heterocycles. The lowest BCUT2D eigenvalue weighted by Crippen LogP contribution is -2.16. The van der Waals surface area contributed by atoms with E-state index in [0.717, 1.165) is 23.7 Å². The second-order valence-corrected chi connectivity index (χ2v) is 5.96. The lowest BCUT2D eigenvalue weighted by molar-refractivity contribution is 0.321. The molecule has 0 amide bonds. The van der Waals surface area contributed by atoms with Crippen LogP contribution in [-0.2, 0) is 13.1 Å². The normalized spacial score (nSPS) is 10.3. The minimum absolute atomic E-state index is 0.407. The number of benzene rings is 1. The molecular weight excluding hydrogens is 280 g/mol. The van der Waals surface area contributed by atoms with Gasteiger partial charge in [-0.15, -0.1) is 11.3 Å². The number of ether oxygens (including phenoxy) is 1. The average Bonchev–Trinajstić information content (AvgIpc) is 2.93. The van der Waals surface area contributed by atoms with E-state index in [9.17, 15) is 0 Å². The zero-order chi connectivity index (χ0) is 15.1. The summed E-state index contributed by atoms with van der Waals surface area (Å²) in [6, 6.07) is 12.4. The Morgan fingerprint density at radius 2 is 1.90 bits per heavy atom. The molecule has 110 valence electrons. The first-order chi connectivity index (χ1) is 10.2. The van der Waals surface area contributed by atoms with Crippen LogP contribution in [-0.4, -0.2) is 25.6 Å². The zero-order valence-electron chi connectivity index (χ0n) is 12.4. The van der Waals surface area contributed by atoms with E-state index in [0.29, 0.717) is 6.54 Å². The van der Waals surface area contributed by atoms with E-state index in [1.165, 1.54) is 10.4 Å². The van der Waals surface area contributed by atoms with Crippen LogP contribution in [0.25, 0.3) is 0 Å². The quantitative estimate of drug-likeness (QED) is 0.863. The highest BCUT2D eigenvalue weighted by molar-refractivity contribution is 7.12. The van der Waals surface area contributed by atoms with Crippen LogP contribution in [0, 0.1) is 11.8 Å². The third-order valence-electron chi connectivity index (χ3n) is 3.01. The summed E-state index contributed by atoms with van der Waals surface area (Å²) in [5.74, 6) is 6.85. The molecule has 0 spiro atoms. The van der Waals surface area contributed by atoms with Crippen molar-refractivity contribution in [2.75, 3.05) is 20.7 Å². The maximum absolute atomic E-state index is 5.38. The van der Waals surface area contributed by atoms with Crippen molar-refractivity contribution in [1.82, 2.24) is 4.90 Å². The van der Waals surface area contributed by atoms with Crippen molar-refractivity contribution >= 4 is 11.3 Å². The van der Waals surface area contributed by atoms with Crippen LogP contribution in [0.1, 0.15) is 15.3 Å². The Hall–Kier alpha value is -1.80. The van der Waals surface area contributed by atoms with E-state index in [2.05, 4.69) is 48.1 Å². The van der Waals surface area contributed by atoms with Crippen molar-refractivity contribution in [3.63, 3.8) is 0 Å². The number of hydrogen-bond donors (Lipinski definition) is 1. The van der Waals surface area contributed by atoms with Gasteiger partial charge in [-0.05, 0) is 36.9 Å². The standard InChI is InChI=1S/C17H20N2OS/c1-19(12-14-5-7-15(20-2)8-6-14)13-17-10-9-16(21-17)4-3-11-18/h5-10H,11-13,18H2,1-2H3. The number of hydrogen-bond acceptors (Lipinski definition) is 4. The third-order valence-corrected chi connectivity index (χ3v) is 4.00. The molecule has 3 nitrogen and oxygen atoms in total. The SMILES string of the molecule is COc1ccc(CN(C)Cc2ccc(C#CCN)s2)cc1. The zero-order valence-corrected chi connectivity index (χ0v) is 13.2. The Morgan fingerprint density at radius 3 is 2.57 bits per heavy atom. The van der Waals surface area contributed by atoms with Gasteiger partial charge in [0.25, 0.3) is 0 Å². The number of nitrogens with two attached hydrogens (primary N) is 1. The minimum atomic E-state index is 0.407. The summed E-state index contributed by atoms with van der Waals surface area (Å²) in [5.41, 5.74) is 6.66. The Balaban J connectivity index is 1.91. The molecule has 1 heterocycles. The van der Waals surface area contributed by atoms with Gasteiger partial charge in [0.05, 0.1) is 18.5 Å². The van der Waals surface area contributed by atoms with Crippen LogP contribution in [0.3, 0.4) is 0 Å². The summed E-state index contributed by atoms with van der Waals surface area (Å²) >= 11 is 1.73. The van der Waals surface area contributed by atoms with Crippen molar-refractivity contribution in [2.24, 2.45) is 5.73 Å². The molecule has 21 heavy (non-hydrogen) atoms. The molecule has 2 N–H and O–H groups in total. The van der Waals surface area contributed by atoms with Crippen LogP contribution in [0.5, 0.6) is 5.75 Å². The molecule has 0 radical (unpaired) electrons.